The number of Topliss-reactive ketones (excluding diaryl/α,β-unsaturated/α-hetero) is 1. The minimum absolute atomic E-state index is 0.105. The number of imidazole rings is 1. The molecule has 1 saturated heterocycles. The number of ketones is 1. The van der Waals surface area contributed by atoms with Crippen LogP contribution in [-0.2, 0) is 18.3 Å². The summed E-state index contributed by atoms with van der Waals surface area (Å²) in [6.45, 7) is 1.74. The van der Waals surface area contributed by atoms with E-state index in [0.717, 1.165) is 0 Å². The van der Waals surface area contributed by atoms with Crippen molar-refractivity contribution in [1.29, 1.82) is 0 Å². The smallest absolute Gasteiger partial charge is 0.329 e. The molecule has 156 valence electrons. The van der Waals surface area contributed by atoms with Gasteiger partial charge in [0, 0.05) is 37.8 Å². The van der Waals surface area contributed by atoms with Crippen LogP contribution >= 0.6 is 0 Å². The summed E-state index contributed by atoms with van der Waals surface area (Å²) in [5.74, 6) is 0.0298. The molecule has 0 bridgehead atoms. The highest BCUT2D eigenvalue weighted by atomic mass is 16.6. The average Bonchev–Trinajstić information content (AvgIpc) is 3.12. The Hall–Kier alpha value is -3.80. The standard InChI is InChI=1S/C18H18N6O6/c1-21-15-14(16(26)20-18(21)27)23(17(19-15)22-6-8-30-9-7-22)10-13(25)11-2-4-12(5-3-11)24(28)29/h2-5H,6-10H2,1H3,(H,20,26,27). The second-order valence-electron chi connectivity index (χ2n) is 6.82. The van der Waals surface area contributed by atoms with Crippen LogP contribution in [-0.4, -0.2) is 56.1 Å². The summed E-state index contributed by atoms with van der Waals surface area (Å²) in [5, 5.41) is 10.8. The molecule has 0 aliphatic carbocycles. The van der Waals surface area contributed by atoms with Crippen LogP contribution in [0.25, 0.3) is 11.2 Å². The lowest BCUT2D eigenvalue weighted by Gasteiger charge is -2.28. The number of nitro benzene ring substituents is 1. The molecule has 3 aromatic rings. The number of non-ortho nitro benzene ring substituents is 1. The number of carbonyl (C=O) groups is 1. The van der Waals surface area contributed by atoms with Crippen LogP contribution in [0.2, 0.25) is 0 Å². The first-order chi connectivity index (χ1) is 14.4. The topological polar surface area (TPSA) is 145 Å². The Morgan fingerprint density at radius 1 is 1.23 bits per heavy atom. The van der Waals surface area contributed by atoms with Gasteiger partial charge in [-0.05, 0) is 12.1 Å². The van der Waals surface area contributed by atoms with Crippen LogP contribution < -0.4 is 16.1 Å². The number of carbonyl (C=O) groups excluding carboxylic acids is 1. The minimum Gasteiger partial charge on any atom is -0.378 e. The molecular weight excluding hydrogens is 396 g/mol. The van der Waals surface area contributed by atoms with E-state index in [-0.39, 0.29) is 34.7 Å². The zero-order valence-corrected chi connectivity index (χ0v) is 16.0. The van der Waals surface area contributed by atoms with Gasteiger partial charge in [-0.15, -0.1) is 0 Å². The van der Waals surface area contributed by atoms with Crippen molar-refractivity contribution in [2.45, 2.75) is 6.54 Å². The molecule has 3 heterocycles. The van der Waals surface area contributed by atoms with Gasteiger partial charge in [0.05, 0.1) is 24.7 Å². The van der Waals surface area contributed by atoms with E-state index >= 15 is 0 Å². The van der Waals surface area contributed by atoms with Crippen molar-refractivity contribution >= 4 is 28.6 Å². The lowest BCUT2D eigenvalue weighted by molar-refractivity contribution is -0.384. The molecule has 0 saturated carbocycles. The third-order valence-corrected chi connectivity index (χ3v) is 4.98. The maximum Gasteiger partial charge on any atom is 0.329 e. The fourth-order valence-corrected chi connectivity index (χ4v) is 3.38. The lowest BCUT2D eigenvalue weighted by atomic mass is 10.1. The predicted octanol–water partition coefficient (Wildman–Crippen LogP) is 0.0510. The summed E-state index contributed by atoms with van der Waals surface area (Å²) in [4.78, 5) is 56.3. The van der Waals surface area contributed by atoms with Crippen molar-refractivity contribution < 1.29 is 14.5 Å². The first kappa shape index (κ1) is 19.5. The SMILES string of the molecule is Cn1c(=O)[nH]c(=O)c2c1nc(N1CCOCC1)n2CC(=O)c1ccc([N+](=O)[O-])cc1. The van der Waals surface area contributed by atoms with Gasteiger partial charge in [0.2, 0.25) is 5.95 Å². The second-order valence-corrected chi connectivity index (χ2v) is 6.82. The monoisotopic (exact) mass is 414 g/mol. The average molecular weight is 414 g/mol. The molecule has 0 amide bonds. The lowest BCUT2D eigenvalue weighted by Crippen LogP contribution is -2.38. The van der Waals surface area contributed by atoms with Crippen molar-refractivity contribution in [2.75, 3.05) is 31.2 Å². The third-order valence-electron chi connectivity index (χ3n) is 4.98. The highest BCUT2D eigenvalue weighted by Gasteiger charge is 2.24. The number of anilines is 1. The van der Waals surface area contributed by atoms with Crippen LogP contribution in [0, 0.1) is 10.1 Å². The molecule has 0 unspecified atom stereocenters. The van der Waals surface area contributed by atoms with E-state index in [0.29, 0.717) is 32.3 Å². The number of aromatic nitrogens is 4. The summed E-state index contributed by atoms with van der Waals surface area (Å²) in [6.07, 6.45) is 0. The van der Waals surface area contributed by atoms with Crippen molar-refractivity contribution in [3.63, 3.8) is 0 Å². The zero-order chi connectivity index (χ0) is 21.4. The minimum atomic E-state index is -0.642. The number of hydrogen-bond donors (Lipinski definition) is 1. The molecule has 1 aliphatic heterocycles. The molecule has 0 atom stereocenters. The van der Waals surface area contributed by atoms with E-state index in [4.69, 9.17) is 4.74 Å². The van der Waals surface area contributed by atoms with Crippen molar-refractivity contribution in [2.24, 2.45) is 7.05 Å². The molecule has 4 rings (SSSR count). The van der Waals surface area contributed by atoms with Gasteiger partial charge in [0.25, 0.3) is 11.2 Å². The van der Waals surface area contributed by atoms with Gasteiger partial charge in [-0.2, -0.15) is 4.98 Å². The molecule has 12 nitrogen and oxygen atoms in total. The van der Waals surface area contributed by atoms with Crippen LogP contribution in [0.3, 0.4) is 0 Å². The van der Waals surface area contributed by atoms with Crippen molar-refractivity contribution in [3.8, 4) is 0 Å². The van der Waals surface area contributed by atoms with Crippen molar-refractivity contribution in [1.82, 2.24) is 19.1 Å². The number of nitro groups is 1. The Balaban J connectivity index is 1.80. The quantitative estimate of drug-likeness (QED) is 0.350. The summed E-state index contributed by atoms with van der Waals surface area (Å²) in [7, 11) is 1.49. The molecule has 1 aromatic carbocycles. The number of ether oxygens (including phenoxy) is 1. The van der Waals surface area contributed by atoms with Crippen LogP contribution in [0.1, 0.15) is 10.4 Å². The Labute approximate surface area is 168 Å². The van der Waals surface area contributed by atoms with Gasteiger partial charge in [0.15, 0.2) is 16.9 Å². The summed E-state index contributed by atoms with van der Waals surface area (Å²) >= 11 is 0. The number of nitrogens with one attached hydrogen (secondary N) is 1. The molecule has 0 spiro atoms. The Bertz CT molecular complexity index is 1250. The predicted molar refractivity (Wildman–Crippen MR) is 106 cm³/mol. The zero-order valence-electron chi connectivity index (χ0n) is 16.0. The number of hydrogen-bond acceptors (Lipinski definition) is 8. The van der Waals surface area contributed by atoms with Gasteiger partial charge in [-0.3, -0.25) is 33.8 Å². The van der Waals surface area contributed by atoms with Gasteiger partial charge < -0.3 is 9.64 Å². The van der Waals surface area contributed by atoms with E-state index in [9.17, 15) is 24.5 Å². The molecular formula is C18H18N6O6. The number of aromatic amines is 1. The fraction of sp³-hybridized carbons (Fsp3) is 0.333. The summed E-state index contributed by atoms with van der Waals surface area (Å²) in [5.41, 5.74) is -0.837. The maximum atomic E-state index is 12.9. The maximum absolute atomic E-state index is 12.9. The molecule has 30 heavy (non-hydrogen) atoms. The van der Waals surface area contributed by atoms with E-state index in [2.05, 4.69) is 9.97 Å². The first-order valence-corrected chi connectivity index (χ1v) is 9.16. The molecule has 1 aliphatic rings. The summed E-state index contributed by atoms with van der Waals surface area (Å²) in [6, 6.07) is 5.24. The Morgan fingerprint density at radius 3 is 2.53 bits per heavy atom. The molecule has 0 radical (unpaired) electrons. The van der Waals surface area contributed by atoms with Gasteiger partial charge in [-0.25, -0.2) is 4.79 Å². The van der Waals surface area contributed by atoms with E-state index < -0.39 is 16.2 Å². The molecule has 2 aromatic heterocycles. The van der Waals surface area contributed by atoms with E-state index in [1.54, 1.807) is 0 Å². The van der Waals surface area contributed by atoms with Crippen LogP contribution in [0.4, 0.5) is 11.6 Å². The van der Waals surface area contributed by atoms with E-state index in [1.165, 1.54) is 40.4 Å². The number of fused-ring (bicyclic) bond motifs is 1. The number of H-pyrrole nitrogens is 1. The molecule has 1 N–H and O–H groups in total. The normalized spacial score (nSPS) is 14.2. The number of nitrogens with zero attached hydrogens (tertiary/aromatic N) is 5. The number of rotatable bonds is 5. The molecule has 1 fully saturated rings. The number of aryl methyl sites for hydroxylation is 1. The fourth-order valence-electron chi connectivity index (χ4n) is 3.38. The first-order valence-electron chi connectivity index (χ1n) is 9.16. The Kier molecular flexibility index (Phi) is 4.91. The van der Waals surface area contributed by atoms with Gasteiger partial charge in [-0.1, -0.05) is 0 Å². The number of benzene rings is 1. The largest absolute Gasteiger partial charge is 0.378 e. The van der Waals surface area contributed by atoms with Gasteiger partial charge >= 0.3 is 5.69 Å². The van der Waals surface area contributed by atoms with Crippen LogP contribution in [0.5, 0.6) is 0 Å². The van der Waals surface area contributed by atoms with E-state index in [1.807, 2.05) is 4.90 Å². The highest BCUT2D eigenvalue weighted by Crippen LogP contribution is 2.22. The third kappa shape index (κ3) is 3.37. The number of morpholine rings is 1. The Morgan fingerprint density at radius 2 is 1.90 bits per heavy atom. The van der Waals surface area contributed by atoms with Gasteiger partial charge in [0.1, 0.15) is 0 Å². The van der Waals surface area contributed by atoms with Crippen molar-refractivity contribution in [3.05, 3.63) is 60.8 Å². The second kappa shape index (κ2) is 7.55. The summed E-state index contributed by atoms with van der Waals surface area (Å²) < 4.78 is 8.05. The molecule has 12 heteroatoms. The van der Waals surface area contributed by atoms with Crippen LogP contribution in [0.15, 0.2) is 33.9 Å². The highest BCUT2D eigenvalue weighted by molar-refractivity contribution is 5.97.